The molecule has 3 heteroatoms. The number of hydrogen-bond donors (Lipinski definition) is 1. The molecular formula is C16H23NO2. The number of benzene rings is 1. The zero-order chi connectivity index (χ0) is 13.8. The van der Waals surface area contributed by atoms with E-state index in [0.29, 0.717) is 18.5 Å². The Morgan fingerprint density at radius 1 is 1.32 bits per heavy atom. The van der Waals surface area contributed by atoms with Gasteiger partial charge in [-0.15, -0.1) is 0 Å². The summed E-state index contributed by atoms with van der Waals surface area (Å²) in [7, 11) is 0. The van der Waals surface area contributed by atoms with Gasteiger partial charge in [-0.1, -0.05) is 38.1 Å². The minimum Gasteiger partial charge on any atom is -0.481 e. The van der Waals surface area contributed by atoms with Gasteiger partial charge in [-0.3, -0.25) is 9.69 Å². The van der Waals surface area contributed by atoms with Crippen molar-refractivity contribution in [3.8, 4) is 0 Å². The summed E-state index contributed by atoms with van der Waals surface area (Å²) < 4.78 is 0. The quantitative estimate of drug-likeness (QED) is 0.883. The number of carboxylic acids is 1. The van der Waals surface area contributed by atoms with Gasteiger partial charge in [-0.2, -0.15) is 0 Å². The third kappa shape index (κ3) is 3.16. The second-order valence-corrected chi connectivity index (χ2v) is 5.40. The van der Waals surface area contributed by atoms with Crippen LogP contribution in [0.4, 0.5) is 0 Å². The molecule has 0 spiro atoms. The number of nitrogens with zero attached hydrogens (tertiary/aromatic N) is 1. The van der Waals surface area contributed by atoms with Crippen LogP contribution in [0, 0.1) is 0 Å². The topological polar surface area (TPSA) is 40.5 Å². The molecule has 0 fully saturated rings. The zero-order valence-electron chi connectivity index (χ0n) is 11.8. The van der Waals surface area contributed by atoms with Crippen LogP contribution < -0.4 is 0 Å². The molecule has 1 aliphatic carbocycles. The Hall–Kier alpha value is -1.35. The molecule has 0 saturated heterocycles. The molecule has 104 valence electrons. The molecule has 1 aromatic rings. The van der Waals surface area contributed by atoms with Crippen LogP contribution in [-0.2, 0) is 4.79 Å². The van der Waals surface area contributed by atoms with E-state index < -0.39 is 5.97 Å². The van der Waals surface area contributed by atoms with Gasteiger partial charge >= 0.3 is 5.97 Å². The van der Waals surface area contributed by atoms with Crippen LogP contribution in [0.1, 0.15) is 56.2 Å². The van der Waals surface area contributed by atoms with Gasteiger partial charge in [-0.25, -0.2) is 0 Å². The number of hydrogen-bond acceptors (Lipinski definition) is 2. The number of fused-ring (bicyclic) bond motifs is 1. The van der Waals surface area contributed by atoms with Crippen LogP contribution in [0.25, 0.3) is 0 Å². The van der Waals surface area contributed by atoms with Crippen LogP contribution in [-0.4, -0.2) is 29.1 Å². The molecule has 0 bridgehead atoms. The lowest BCUT2D eigenvalue weighted by Crippen LogP contribution is -2.33. The molecule has 2 unspecified atom stereocenters. The molecule has 2 atom stereocenters. The van der Waals surface area contributed by atoms with Crippen LogP contribution in [0.3, 0.4) is 0 Å². The van der Waals surface area contributed by atoms with E-state index in [-0.39, 0.29) is 6.42 Å². The summed E-state index contributed by atoms with van der Waals surface area (Å²) in [5.41, 5.74) is 2.83. The summed E-state index contributed by atoms with van der Waals surface area (Å²) in [5, 5.41) is 8.87. The van der Waals surface area contributed by atoms with E-state index in [1.807, 2.05) is 0 Å². The standard InChI is InChI=1S/C16H23NO2/c1-3-17(11-10-16(18)19)15-9-8-12(2)13-6-4-5-7-14(13)15/h4-7,12,15H,3,8-11H2,1-2H3,(H,18,19). The first-order valence-corrected chi connectivity index (χ1v) is 7.18. The van der Waals surface area contributed by atoms with Crippen LogP contribution in [0.5, 0.6) is 0 Å². The Labute approximate surface area is 115 Å². The largest absolute Gasteiger partial charge is 0.481 e. The molecule has 1 aliphatic rings. The Morgan fingerprint density at radius 3 is 2.63 bits per heavy atom. The molecule has 1 N–H and O–H groups in total. The van der Waals surface area contributed by atoms with Crippen LogP contribution >= 0.6 is 0 Å². The average Bonchev–Trinajstić information content (AvgIpc) is 2.41. The Kier molecular flexibility index (Phi) is 4.59. The second kappa shape index (κ2) is 6.20. The van der Waals surface area contributed by atoms with Crippen LogP contribution in [0.15, 0.2) is 24.3 Å². The molecule has 2 rings (SSSR count). The number of carboxylic acid groups (broad SMARTS) is 1. The molecule has 0 aromatic heterocycles. The van der Waals surface area contributed by atoms with Crippen LogP contribution in [0.2, 0.25) is 0 Å². The van der Waals surface area contributed by atoms with Gasteiger partial charge in [0.15, 0.2) is 0 Å². The average molecular weight is 261 g/mol. The highest BCUT2D eigenvalue weighted by atomic mass is 16.4. The van der Waals surface area contributed by atoms with Gasteiger partial charge in [0, 0.05) is 12.6 Å². The number of aliphatic carboxylic acids is 1. The number of rotatable bonds is 5. The summed E-state index contributed by atoms with van der Waals surface area (Å²) in [6.45, 7) is 5.94. The summed E-state index contributed by atoms with van der Waals surface area (Å²) >= 11 is 0. The molecule has 0 amide bonds. The molecule has 0 saturated carbocycles. The minimum atomic E-state index is -0.712. The highest BCUT2D eigenvalue weighted by Gasteiger charge is 2.28. The second-order valence-electron chi connectivity index (χ2n) is 5.40. The summed E-state index contributed by atoms with van der Waals surface area (Å²) in [5.74, 6) is -0.0958. The summed E-state index contributed by atoms with van der Waals surface area (Å²) in [6, 6.07) is 9.01. The van der Waals surface area contributed by atoms with Gasteiger partial charge in [0.2, 0.25) is 0 Å². The van der Waals surface area contributed by atoms with E-state index >= 15 is 0 Å². The SMILES string of the molecule is CCN(CCC(=O)O)C1CCC(C)c2ccccc21. The first kappa shape index (κ1) is 14.1. The normalized spacial score (nSPS) is 22.3. The van der Waals surface area contributed by atoms with E-state index in [0.717, 1.165) is 13.0 Å². The molecule has 0 aliphatic heterocycles. The molecular weight excluding hydrogens is 238 g/mol. The minimum absolute atomic E-state index is 0.224. The predicted octanol–water partition coefficient (Wildman–Crippen LogP) is 3.42. The molecule has 0 heterocycles. The highest BCUT2D eigenvalue weighted by molar-refractivity contribution is 5.66. The lowest BCUT2D eigenvalue weighted by atomic mass is 9.80. The van der Waals surface area contributed by atoms with Crippen molar-refractivity contribution in [3.05, 3.63) is 35.4 Å². The third-order valence-electron chi connectivity index (χ3n) is 4.22. The highest BCUT2D eigenvalue weighted by Crippen LogP contribution is 2.40. The summed E-state index contributed by atoms with van der Waals surface area (Å²) in [6.07, 6.45) is 2.54. The number of carbonyl (C=O) groups is 1. The van der Waals surface area contributed by atoms with Gasteiger partial charge in [0.05, 0.1) is 6.42 Å². The summed E-state index contributed by atoms with van der Waals surface area (Å²) in [4.78, 5) is 13.1. The van der Waals surface area contributed by atoms with Crippen molar-refractivity contribution in [3.63, 3.8) is 0 Å². The zero-order valence-corrected chi connectivity index (χ0v) is 11.8. The lowest BCUT2D eigenvalue weighted by molar-refractivity contribution is -0.137. The third-order valence-corrected chi connectivity index (χ3v) is 4.22. The lowest BCUT2D eigenvalue weighted by Gasteiger charge is -2.37. The first-order chi connectivity index (χ1) is 9.13. The van der Waals surface area contributed by atoms with Crippen molar-refractivity contribution in [2.45, 2.75) is 45.1 Å². The van der Waals surface area contributed by atoms with Crippen molar-refractivity contribution < 1.29 is 9.90 Å². The van der Waals surface area contributed by atoms with Crippen molar-refractivity contribution in [1.82, 2.24) is 4.90 Å². The van der Waals surface area contributed by atoms with E-state index in [4.69, 9.17) is 5.11 Å². The van der Waals surface area contributed by atoms with E-state index in [1.54, 1.807) is 0 Å². The molecule has 3 nitrogen and oxygen atoms in total. The maximum atomic E-state index is 10.8. The maximum absolute atomic E-state index is 10.8. The Bertz CT molecular complexity index is 444. The van der Waals surface area contributed by atoms with Gasteiger partial charge < -0.3 is 5.11 Å². The molecule has 19 heavy (non-hydrogen) atoms. The monoisotopic (exact) mass is 261 g/mol. The molecule has 1 aromatic carbocycles. The van der Waals surface area contributed by atoms with Crippen molar-refractivity contribution in [2.24, 2.45) is 0 Å². The fraction of sp³-hybridized carbons (Fsp3) is 0.562. The molecule has 0 radical (unpaired) electrons. The van der Waals surface area contributed by atoms with Crippen molar-refractivity contribution in [2.75, 3.05) is 13.1 Å². The van der Waals surface area contributed by atoms with E-state index in [2.05, 4.69) is 43.0 Å². The Morgan fingerprint density at radius 2 is 2.00 bits per heavy atom. The fourth-order valence-electron chi connectivity index (χ4n) is 3.13. The smallest absolute Gasteiger partial charge is 0.304 e. The van der Waals surface area contributed by atoms with Crippen molar-refractivity contribution in [1.29, 1.82) is 0 Å². The van der Waals surface area contributed by atoms with E-state index in [1.165, 1.54) is 17.5 Å². The Balaban J connectivity index is 2.20. The predicted molar refractivity (Wildman–Crippen MR) is 76.3 cm³/mol. The first-order valence-electron chi connectivity index (χ1n) is 7.18. The van der Waals surface area contributed by atoms with E-state index in [9.17, 15) is 4.79 Å². The van der Waals surface area contributed by atoms with Gasteiger partial charge in [-0.05, 0) is 36.4 Å². The maximum Gasteiger partial charge on any atom is 0.304 e. The van der Waals surface area contributed by atoms with Crippen molar-refractivity contribution >= 4 is 5.97 Å². The van der Waals surface area contributed by atoms with Gasteiger partial charge in [0.1, 0.15) is 0 Å². The fourth-order valence-corrected chi connectivity index (χ4v) is 3.13. The van der Waals surface area contributed by atoms with Gasteiger partial charge in [0.25, 0.3) is 0 Å².